The van der Waals surface area contributed by atoms with Crippen molar-refractivity contribution >= 4 is 45.3 Å². The zero-order valence-corrected chi connectivity index (χ0v) is 17.7. The van der Waals surface area contributed by atoms with Gasteiger partial charge in [-0.05, 0) is 48.8 Å². The number of aliphatic hydroxyl groups is 1. The first-order valence-corrected chi connectivity index (χ1v) is 10.6. The van der Waals surface area contributed by atoms with Crippen molar-refractivity contribution in [2.24, 2.45) is 0 Å². The summed E-state index contributed by atoms with van der Waals surface area (Å²) in [6.07, 6.45) is 5.03. The molecular formula is C19H23ClFN7OS. The number of halogens is 2. The summed E-state index contributed by atoms with van der Waals surface area (Å²) >= 11 is 7.16. The van der Waals surface area contributed by atoms with Crippen LogP contribution in [0.5, 0.6) is 0 Å². The monoisotopic (exact) mass is 451 g/mol. The van der Waals surface area contributed by atoms with Gasteiger partial charge in [-0.25, -0.2) is 4.39 Å². The fraction of sp³-hybridized carbons (Fsp3) is 0.368. The molecule has 1 aliphatic rings. The molecule has 0 amide bonds. The number of nitrogens with zero attached hydrogens (tertiary/aromatic N) is 3. The summed E-state index contributed by atoms with van der Waals surface area (Å²) < 4.78 is 13.8. The van der Waals surface area contributed by atoms with Gasteiger partial charge < -0.3 is 26.0 Å². The number of likely N-dealkylation sites (tertiary alicyclic amines) is 1. The van der Waals surface area contributed by atoms with Gasteiger partial charge in [-0.3, -0.25) is 5.41 Å². The largest absolute Gasteiger partial charge is 0.373 e. The molecule has 0 aliphatic carbocycles. The van der Waals surface area contributed by atoms with Gasteiger partial charge in [0, 0.05) is 36.8 Å². The maximum Gasteiger partial charge on any atom is 0.209 e. The third-order valence-electron chi connectivity index (χ3n) is 4.65. The van der Waals surface area contributed by atoms with Gasteiger partial charge in [0.05, 0.1) is 0 Å². The normalized spacial score (nSPS) is 15.9. The van der Waals surface area contributed by atoms with Crippen LogP contribution in [0, 0.1) is 16.6 Å². The molecule has 1 atom stereocenters. The van der Waals surface area contributed by atoms with Crippen molar-refractivity contribution in [1.29, 1.82) is 10.8 Å². The summed E-state index contributed by atoms with van der Waals surface area (Å²) in [6.45, 7) is 1.49. The lowest BCUT2D eigenvalue weighted by molar-refractivity contribution is 0.202. The van der Waals surface area contributed by atoms with Gasteiger partial charge >= 0.3 is 0 Å². The smallest absolute Gasteiger partial charge is 0.209 e. The summed E-state index contributed by atoms with van der Waals surface area (Å²) in [6, 6.07) is 4.44. The highest BCUT2D eigenvalue weighted by Crippen LogP contribution is 2.24. The van der Waals surface area contributed by atoms with E-state index in [9.17, 15) is 9.50 Å². The SMILES string of the molecule is N=C/C=C\C(=N)N1CCC(Nc2nnc(NC(O)Cc3cc(Cl)ccc3F)s2)CC1. The lowest BCUT2D eigenvalue weighted by atomic mass is 10.1. The lowest BCUT2D eigenvalue weighted by Crippen LogP contribution is -2.41. The molecule has 8 nitrogen and oxygen atoms in total. The topological polar surface area (TPSA) is 121 Å². The minimum Gasteiger partial charge on any atom is -0.373 e. The Morgan fingerprint density at radius 3 is 2.83 bits per heavy atom. The van der Waals surface area contributed by atoms with E-state index in [4.69, 9.17) is 22.4 Å². The minimum atomic E-state index is -1.03. The zero-order chi connectivity index (χ0) is 21.5. The number of aliphatic hydroxyl groups excluding tert-OH is 1. The molecule has 0 bridgehead atoms. The first-order chi connectivity index (χ1) is 14.4. The average Bonchev–Trinajstić information content (AvgIpc) is 3.16. The molecule has 1 aromatic heterocycles. The van der Waals surface area contributed by atoms with Gasteiger partial charge in [-0.1, -0.05) is 22.9 Å². The Morgan fingerprint density at radius 2 is 2.10 bits per heavy atom. The number of piperidine rings is 1. The van der Waals surface area contributed by atoms with Crippen LogP contribution in [0.15, 0.2) is 30.4 Å². The van der Waals surface area contributed by atoms with Crippen LogP contribution in [0.3, 0.4) is 0 Å². The first-order valence-electron chi connectivity index (χ1n) is 9.44. The summed E-state index contributed by atoms with van der Waals surface area (Å²) in [5.41, 5.74) is 0.318. The van der Waals surface area contributed by atoms with Gasteiger partial charge in [0.2, 0.25) is 10.3 Å². The Morgan fingerprint density at radius 1 is 1.37 bits per heavy atom. The molecule has 1 unspecified atom stereocenters. The van der Waals surface area contributed by atoms with Crippen LogP contribution in [0.25, 0.3) is 0 Å². The van der Waals surface area contributed by atoms with E-state index in [0.717, 1.165) is 32.1 Å². The van der Waals surface area contributed by atoms with Crippen molar-refractivity contribution in [3.8, 4) is 0 Å². The van der Waals surface area contributed by atoms with Gasteiger partial charge in [0.1, 0.15) is 17.9 Å². The highest BCUT2D eigenvalue weighted by molar-refractivity contribution is 7.19. The van der Waals surface area contributed by atoms with Crippen molar-refractivity contribution in [2.45, 2.75) is 31.5 Å². The number of rotatable bonds is 8. The minimum absolute atomic E-state index is 0.0472. The van der Waals surface area contributed by atoms with Crippen molar-refractivity contribution in [3.05, 3.63) is 46.8 Å². The van der Waals surface area contributed by atoms with Crippen molar-refractivity contribution in [3.63, 3.8) is 0 Å². The van der Waals surface area contributed by atoms with E-state index in [0.29, 0.717) is 26.7 Å². The molecule has 0 radical (unpaired) electrons. The van der Waals surface area contributed by atoms with Crippen LogP contribution in [0.2, 0.25) is 5.02 Å². The summed E-state index contributed by atoms with van der Waals surface area (Å²) in [7, 11) is 0. The van der Waals surface area contributed by atoms with Crippen molar-refractivity contribution in [2.75, 3.05) is 23.7 Å². The number of allylic oxidation sites excluding steroid dienone is 1. The van der Waals surface area contributed by atoms with Crippen LogP contribution in [-0.2, 0) is 6.42 Å². The quantitative estimate of drug-likeness (QED) is 0.238. The van der Waals surface area contributed by atoms with Crippen LogP contribution in [0.1, 0.15) is 18.4 Å². The Labute approximate surface area is 182 Å². The van der Waals surface area contributed by atoms with E-state index in [1.54, 1.807) is 6.08 Å². The van der Waals surface area contributed by atoms with E-state index < -0.39 is 12.0 Å². The van der Waals surface area contributed by atoms with Crippen molar-refractivity contribution < 1.29 is 9.50 Å². The molecule has 160 valence electrons. The van der Waals surface area contributed by atoms with E-state index >= 15 is 0 Å². The second-order valence-corrected chi connectivity index (χ2v) is 8.24. The Hall–Kier alpha value is -2.56. The summed E-state index contributed by atoms with van der Waals surface area (Å²) in [5.74, 6) is -0.0166. The number of anilines is 2. The summed E-state index contributed by atoms with van der Waals surface area (Å²) in [4.78, 5) is 1.97. The fourth-order valence-electron chi connectivity index (χ4n) is 3.13. The number of hydrogen-bond acceptors (Lipinski definition) is 8. The maximum absolute atomic E-state index is 13.8. The van der Waals surface area contributed by atoms with Gasteiger partial charge in [0.25, 0.3) is 0 Å². The van der Waals surface area contributed by atoms with Gasteiger partial charge in [-0.2, -0.15) is 0 Å². The predicted octanol–water partition coefficient (Wildman–Crippen LogP) is 3.36. The molecule has 5 N–H and O–H groups in total. The van der Waals surface area contributed by atoms with Crippen LogP contribution in [0.4, 0.5) is 14.7 Å². The summed E-state index contributed by atoms with van der Waals surface area (Å²) in [5, 5.41) is 40.9. The van der Waals surface area contributed by atoms with Crippen LogP contribution >= 0.6 is 22.9 Å². The highest BCUT2D eigenvalue weighted by atomic mass is 35.5. The zero-order valence-electron chi connectivity index (χ0n) is 16.1. The lowest BCUT2D eigenvalue weighted by Gasteiger charge is -2.33. The molecule has 2 heterocycles. The molecule has 1 aliphatic heterocycles. The molecular weight excluding hydrogens is 429 g/mol. The van der Waals surface area contributed by atoms with E-state index in [1.807, 2.05) is 4.90 Å². The number of aromatic nitrogens is 2. The molecule has 0 saturated carbocycles. The standard InChI is InChI=1S/C19H23ClFN7OS/c20-13-3-4-15(21)12(10-13)11-17(29)25-19-27-26-18(30-19)24-14-5-8-28(9-6-14)16(23)2-1-7-22/h1-4,7,10,14,17,22-23,29H,5-6,8-9,11H2,(H,24,26)(H,25,27)/b2-1-,22-7?,23-16?. The predicted molar refractivity (Wildman–Crippen MR) is 119 cm³/mol. The molecule has 2 aromatic rings. The van der Waals surface area contributed by atoms with Gasteiger partial charge in [-0.15, -0.1) is 10.2 Å². The second-order valence-electron chi connectivity index (χ2n) is 6.83. The molecule has 1 fully saturated rings. The number of hydrogen-bond donors (Lipinski definition) is 5. The molecule has 30 heavy (non-hydrogen) atoms. The van der Waals surface area contributed by atoms with E-state index in [2.05, 4.69) is 20.8 Å². The fourth-order valence-corrected chi connectivity index (χ4v) is 4.09. The third-order valence-corrected chi connectivity index (χ3v) is 5.67. The number of amidine groups is 1. The molecule has 11 heteroatoms. The van der Waals surface area contributed by atoms with E-state index in [1.165, 1.54) is 35.6 Å². The van der Waals surface area contributed by atoms with Crippen molar-refractivity contribution in [1.82, 2.24) is 15.1 Å². The maximum atomic E-state index is 13.8. The van der Waals surface area contributed by atoms with Crippen LogP contribution < -0.4 is 10.6 Å². The highest BCUT2D eigenvalue weighted by Gasteiger charge is 2.21. The molecule has 0 spiro atoms. The second kappa shape index (κ2) is 10.5. The molecule has 1 aromatic carbocycles. The van der Waals surface area contributed by atoms with E-state index in [-0.39, 0.29) is 12.5 Å². The molecule has 3 rings (SSSR count). The Bertz CT molecular complexity index is 914. The van der Waals surface area contributed by atoms with Crippen LogP contribution in [-0.4, -0.2) is 57.6 Å². The number of benzene rings is 1. The average molecular weight is 452 g/mol. The van der Waals surface area contributed by atoms with Gasteiger partial charge in [0.15, 0.2) is 0 Å². The Kier molecular flexibility index (Phi) is 7.72. The molecule has 1 saturated heterocycles. The third kappa shape index (κ3) is 6.22. The first kappa shape index (κ1) is 22.1. The Balaban J connectivity index is 1.47. The number of nitrogens with one attached hydrogen (secondary N) is 4.